The van der Waals surface area contributed by atoms with E-state index in [-0.39, 0.29) is 12.0 Å². The first-order chi connectivity index (χ1) is 9.95. The van der Waals surface area contributed by atoms with E-state index in [0.29, 0.717) is 13.2 Å². The van der Waals surface area contributed by atoms with Crippen molar-refractivity contribution in [1.82, 2.24) is 4.90 Å². The van der Waals surface area contributed by atoms with Gasteiger partial charge < -0.3 is 15.0 Å². The number of anilines is 1. The monoisotopic (exact) mass is 292 g/mol. The number of nitrogens with one attached hydrogen (secondary N) is 1. The van der Waals surface area contributed by atoms with Gasteiger partial charge in [-0.2, -0.15) is 0 Å². The molecule has 0 spiro atoms. The molecule has 0 unspecified atom stereocenters. The van der Waals surface area contributed by atoms with Crippen LogP contribution in [0.25, 0.3) is 0 Å². The van der Waals surface area contributed by atoms with Crippen LogP contribution in [0.1, 0.15) is 43.1 Å². The zero-order valence-corrected chi connectivity index (χ0v) is 13.9. The predicted molar refractivity (Wildman–Crippen MR) is 88.0 cm³/mol. The van der Waals surface area contributed by atoms with E-state index in [9.17, 15) is 4.79 Å². The Morgan fingerprint density at radius 3 is 2.67 bits per heavy atom. The van der Waals surface area contributed by atoms with E-state index in [1.165, 1.54) is 0 Å². The minimum Gasteiger partial charge on any atom is -0.385 e. The van der Waals surface area contributed by atoms with Gasteiger partial charge in [0.2, 0.25) is 0 Å². The van der Waals surface area contributed by atoms with Gasteiger partial charge in [-0.3, -0.25) is 4.79 Å². The van der Waals surface area contributed by atoms with Crippen LogP contribution in [0.3, 0.4) is 0 Å². The zero-order valence-electron chi connectivity index (χ0n) is 13.9. The minimum atomic E-state index is 0.0347. The fraction of sp³-hybridized carbons (Fsp3) is 0.588. The summed E-state index contributed by atoms with van der Waals surface area (Å²) in [6.45, 7) is 10.3. The molecule has 0 fully saturated rings. The van der Waals surface area contributed by atoms with Crippen molar-refractivity contribution in [3.8, 4) is 0 Å². The van der Waals surface area contributed by atoms with Crippen LogP contribution in [-0.2, 0) is 4.74 Å². The molecule has 118 valence electrons. The van der Waals surface area contributed by atoms with Crippen LogP contribution in [0, 0.1) is 6.92 Å². The van der Waals surface area contributed by atoms with Crippen LogP contribution >= 0.6 is 0 Å². The average molecular weight is 292 g/mol. The highest BCUT2D eigenvalue weighted by Crippen LogP contribution is 2.17. The van der Waals surface area contributed by atoms with Gasteiger partial charge in [-0.05, 0) is 51.0 Å². The molecular weight excluding hydrogens is 264 g/mol. The Hall–Kier alpha value is -1.55. The Morgan fingerprint density at radius 2 is 2.10 bits per heavy atom. The normalized spacial score (nSPS) is 10.8. The van der Waals surface area contributed by atoms with Gasteiger partial charge in [-0.15, -0.1) is 0 Å². The second-order valence-electron chi connectivity index (χ2n) is 5.60. The topological polar surface area (TPSA) is 41.6 Å². The minimum absolute atomic E-state index is 0.0347. The number of hydrogen-bond acceptors (Lipinski definition) is 3. The lowest BCUT2D eigenvalue weighted by Gasteiger charge is -2.19. The van der Waals surface area contributed by atoms with Crippen LogP contribution in [0.2, 0.25) is 0 Å². The van der Waals surface area contributed by atoms with Gasteiger partial charge in [0.25, 0.3) is 5.91 Å². The van der Waals surface area contributed by atoms with E-state index < -0.39 is 0 Å². The van der Waals surface area contributed by atoms with E-state index in [4.69, 9.17) is 4.74 Å². The third kappa shape index (κ3) is 5.76. The van der Waals surface area contributed by atoms with E-state index in [1.807, 2.05) is 46.0 Å². The standard InChI is InChI=1S/C17H28N2O2/c1-6-9-18-16-8-7-15(12-14(16)4)17(20)19(5)10-11-21-13(2)3/h7-8,12-13,18H,6,9-11H2,1-5H3. The van der Waals surface area contributed by atoms with E-state index >= 15 is 0 Å². The van der Waals surface area contributed by atoms with Crippen molar-refractivity contribution in [3.05, 3.63) is 29.3 Å². The average Bonchev–Trinajstić information content (AvgIpc) is 2.44. The first-order valence-electron chi connectivity index (χ1n) is 7.67. The number of benzene rings is 1. The van der Waals surface area contributed by atoms with Crippen molar-refractivity contribution in [2.45, 2.75) is 40.2 Å². The van der Waals surface area contributed by atoms with Gasteiger partial charge in [0.05, 0.1) is 12.7 Å². The molecule has 1 amide bonds. The molecule has 0 heterocycles. The number of aryl methyl sites for hydroxylation is 1. The number of amides is 1. The predicted octanol–water partition coefficient (Wildman–Crippen LogP) is 3.31. The lowest BCUT2D eigenvalue weighted by atomic mass is 10.1. The smallest absolute Gasteiger partial charge is 0.253 e. The molecule has 1 N–H and O–H groups in total. The van der Waals surface area contributed by atoms with Gasteiger partial charge in [-0.1, -0.05) is 6.92 Å². The number of hydrogen-bond donors (Lipinski definition) is 1. The van der Waals surface area contributed by atoms with Crippen molar-refractivity contribution in [2.24, 2.45) is 0 Å². The summed E-state index contributed by atoms with van der Waals surface area (Å²) in [5, 5.41) is 3.36. The Kier molecular flexibility index (Phi) is 7.23. The van der Waals surface area contributed by atoms with Crippen molar-refractivity contribution >= 4 is 11.6 Å². The number of rotatable bonds is 8. The molecular formula is C17H28N2O2. The molecule has 21 heavy (non-hydrogen) atoms. The fourth-order valence-electron chi connectivity index (χ4n) is 2.00. The number of likely N-dealkylation sites (N-methyl/N-ethyl adjacent to an activating group) is 1. The first-order valence-corrected chi connectivity index (χ1v) is 7.67. The highest BCUT2D eigenvalue weighted by atomic mass is 16.5. The summed E-state index contributed by atoms with van der Waals surface area (Å²) in [7, 11) is 1.81. The molecule has 0 aliphatic carbocycles. The van der Waals surface area contributed by atoms with Crippen LogP contribution in [0.15, 0.2) is 18.2 Å². The first kappa shape index (κ1) is 17.5. The molecule has 0 saturated carbocycles. The third-order valence-electron chi connectivity index (χ3n) is 3.26. The van der Waals surface area contributed by atoms with E-state index in [1.54, 1.807) is 4.90 Å². The van der Waals surface area contributed by atoms with Crippen molar-refractivity contribution in [2.75, 3.05) is 32.1 Å². The van der Waals surface area contributed by atoms with Crippen LogP contribution < -0.4 is 5.32 Å². The summed E-state index contributed by atoms with van der Waals surface area (Å²) < 4.78 is 5.48. The molecule has 4 nitrogen and oxygen atoms in total. The molecule has 1 aromatic carbocycles. The van der Waals surface area contributed by atoms with Crippen LogP contribution in [0.5, 0.6) is 0 Å². The summed E-state index contributed by atoms with van der Waals surface area (Å²) in [4.78, 5) is 14.1. The Balaban J connectivity index is 2.63. The summed E-state index contributed by atoms with van der Waals surface area (Å²) in [5.74, 6) is 0.0347. The highest BCUT2D eigenvalue weighted by Gasteiger charge is 2.12. The molecule has 0 aromatic heterocycles. The van der Waals surface area contributed by atoms with Crippen molar-refractivity contribution in [1.29, 1.82) is 0 Å². The molecule has 1 aromatic rings. The van der Waals surface area contributed by atoms with Crippen LogP contribution in [-0.4, -0.2) is 43.7 Å². The maximum absolute atomic E-state index is 12.3. The van der Waals surface area contributed by atoms with Gasteiger partial charge in [0, 0.05) is 31.4 Å². The van der Waals surface area contributed by atoms with Gasteiger partial charge >= 0.3 is 0 Å². The maximum atomic E-state index is 12.3. The third-order valence-corrected chi connectivity index (χ3v) is 3.26. The Morgan fingerprint density at radius 1 is 1.38 bits per heavy atom. The van der Waals surface area contributed by atoms with E-state index in [2.05, 4.69) is 12.2 Å². The fourth-order valence-corrected chi connectivity index (χ4v) is 2.00. The summed E-state index contributed by atoms with van der Waals surface area (Å²) in [5.41, 5.74) is 2.92. The second kappa shape index (κ2) is 8.67. The maximum Gasteiger partial charge on any atom is 0.253 e. The second-order valence-corrected chi connectivity index (χ2v) is 5.60. The molecule has 0 atom stereocenters. The largest absolute Gasteiger partial charge is 0.385 e. The number of carbonyl (C=O) groups excluding carboxylic acids is 1. The quantitative estimate of drug-likeness (QED) is 0.799. The van der Waals surface area contributed by atoms with Gasteiger partial charge in [-0.25, -0.2) is 0 Å². The summed E-state index contributed by atoms with van der Waals surface area (Å²) in [6, 6.07) is 5.81. The summed E-state index contributed by atoms with van der Waals surface area (Å²) in [6.07, 6.45) is 1.28. The molecule has 1 rings (SSSR count). The zero-order chi connectivity index (χ0) is 15.8. The lowest BCUT2D eigenvalue weighted by molar-refractivity contribution is 0.0532. The van der Waals surface area contributed by atoms with Gasteiger partial charge in [0.15, 0.2) is 0 Å². The highest BCUT2D eigenvalue weighted by molar-refractivity contribution is 5.94. The Labute approximate surface area is 128 Å². The molecule has 0 aliphatic rings. The molecule has 0 bridgehead atoms. The van der Waals surface area contributed by atoms with Crippen molar-refractivity contribution < 1.29 is 9.53 Å². The Bertz CT molecular complexity index is 458. The number of ether oxygens (including phenoxy) is 1. The SMILES string of the molecule is CCCNc1ccc(C(=O)N(C)CCOC(C)C)cc1C. The van der Waals surface area contributed by atoms with Crippen LogP contribution in [0.4, 0.5) is 5.69 Å². The molecule has 0 aliphatic heterocycles. The lowest BCUT2D eigenvalue weighted by Crippen LogP contribution is -2.30. The molecule has 0 saturated heterocycles. The molecule has 0 radical (unpaired) electrons. The molecule has 4 heteroatoms. The summed E-state index contributed by atoms with van der Waals surface area (Å²) >= 11 is 0. The number of nitrogens with zero attached hydrogens (tertiary/aromatic N) is 1. The van der Waals surface area contributed by atoms with Gasteiger partial charge in [0.1, 0.15) is 0 Å². The van der Waals surface area contributed by atoms with E-state index in [0.717, 1.165) is 29.8 Å². The van der Waals surface area contributed by atoms with Crippen molar-refractivity contribution in [3.63, 3.8) is 0 Å². The number of carbonyl (C=O) groups is 1.